The van der Waals surface area contributed by atoms with Crippen LogP contribution in [-0.4, -0.2) is 27.9 Å². The third-order valence-corrected chi connectivity index (χ3v) is 4.26. The van der Waals surface area contributed by atoms with Gasteiger partial charge in [-0.3, -0.25) is 0 Å². The van der Waals surface area contributed by atoms with E-state index in [4.69, 9.17) is 5.73 Å². The van der Waals surface area contributed by atoms with Crippen molar-refractivity contribution in [1.29, 1.82) is 0 Å². The molecule has 0 aliphatic carbocycles. The summed E-state index contributed by atoms with van der Waals surface area (Å²) in [5.74, 6) is 0.229. The molecule has 3 N–H and O–H groups in total. The summed E-state index contributed by atoms with van der Waals surface area (Å²) in [6.45, 7) is 6.79. The average Bonchev–Trinajstić information content (AvgIpc) is 2.63. The van der Waals surface area contributed by atoms with Crippen molar-refractivity contribution in [3.63, 3.8) is 0 Å². The topological polar surface area (TPSA) is 84.1 Å². The van der Waals surface area contributed by atoms with E-state index in [9.17, 15) is 4.79 Å². The highest BCUT2D eigenvalue weighted by Crippen LogP contribution is 2.25. The van der Waals surface area contributed by atoms with Crippen LogP contribution in [0.25, 0.3) is 0 Å². The average molecular weight is 341 g/mol. The number of hydrogen-bond donors (Lipinski definition) is 2. The standard InChI is InChI=1S/C19H27N5O/c1-5-13-8-15(6-2)17(16(7-3)9-13)23-19(25)24(4)12-14-10-21-18(20)22-11-14/h8-11H,5-7,12H2,1-4H3,(H,23,25)(H2,20,21,22). The van der Waals surface area contributed by atoms with Crippen LogP contribution in [0.2, 0.25) is 0 Å². The molecule has 0 radical (unpaired) electrons. The summed E-state index contributed by atoms with van der Waals surface area (Å²) in [4.78, 5) is 22.2. The fraction of sp³-hybridized carbons (Fsp3) is 0.421. The molecule has 25 heavy (non-hydrogen) atoms. The van der Waals surface area contributed by atoms with Crippen molar-refractivity contribution in [2.45, 2.75) is 46.6 Å². The minimum Gasteiger partial charge on any atom is -0.368 e. The predicted molar refractivity (Wildman–Crippen MR) is 102 cm³/mol. The molecule has 0 bridgehead atoms. The molecule has 2 rings (SSSR count). The Hall–Kier alpha value is -2.63. The molecule has 0 aliphatic rings. The number of anilines is 2. The number of carbonyl (C=O) groups is 1. The number of urea groups is 1. The number of nitrogens with zero attached hydrogens (tertiary/aromatic N) is 3. The van der Waals surface area contributed by atoms with Crippen molar-refractivity contribution < 1.29 is 4.79 Å². The molecule has 0 spiro atoms. The van der Waals surface area contributed by atoms with Gasteiger partial charge in [-0.25, -0.2) is 14.8 Å². The van der Waals surface area contributed by atoms with E-state index in [1.807, 2.05) is 0 Å². The first kappa shape index (κ1) is 18.7. The summed E-state index contributed by atoms with van der Waals surface area (Å²) in [5.41, 5.74) is 10.9. The zero-order valence-electron chi connectivity index (χ0n) is 15.5. The summed E-state index contributed by atoms with van der Waals surface area (Å²) in [6, 6.07) is 4.22. The Morgan fingerprint density at radius 1 is 1.04 bits per heavy atom. The lowest BCUT2D eigenvalue weighted by Gasteiger charge is -2.21. The number of amides is 2. The van der Waals surface area contributed by atoms with Gasteiger partial charge in [-0.05, 0) is 36.0 Å². The summed E-state index contributed by atoms with van der Waals surface area (Å²) >= 11 is 0. The van der Waals surface area contributed by atoms with Crippen molar-refractivity contribution in [2.75, 3.05) is 18.1 Å². The number of nitrogen functional groups attached to an aromatic ring is 1. The molecule has 6 heteroatoms. The molecule has 0 fully saturated rings. The SMILES string of the molecule is CCc1cc(CC)c(NC(=O)N(C)Cc2cnc(N)nc2)c(CC)c1. The number of hydrogen-bond acceptors (Lipinski definition) is 4. The lowest BCUT2D eigenvalue weighted by atomic mass is 9.98. The van der Waals surface area contributed by atoms with Gasteiger partial charge < -0.3 is 16.0 Å². The van der Waals surface area contributed by atoms with E-state index in [0.29, 0.717) is 6.54 Å². The van der Waals surface area contributed by atoms with Gasteiger partial charge in [-0.2, -0.15) is 0 Å². The second-order valence-corrected chi connectivity index (χ2v) is 6.09. The van der Waals surface area contributed by atoms with Crippen molar-refractivity contribution in [1.82, 2.24) is 14.9 Å². The fourth-order valence-electron chi connectivity index (χ4n) is 2.76. The third kappa shape index (κ3) is 4.68. The first-order chi connectivity index (χ1) is 12.0. The lowest BCUT2D eigenvalue weighted by molar-refractivity contribution is 0.220. The smallest absolute Gasteiger partial charge is 0.321 e. The first-order valence-electron chi connectivity index (χ1n) is 8.71. The van der Waals surface area contributed by atoms with Crippen LogP contribution >= 0.6 is 0 Å². The highest BCUT2D eigenvalue weighted by atomic mass is 16.2. The minimum atomic E-state index is -0.148. The molecule has 1 aromatic carbocycles. The Bertz CT molecular complexity index is 702. The van der Waals surface area contributed by atoms with E-state index >= 15 is 0 Å². The summed E-state index contributed by atoms with van der Waals surface area (Å²) < 4.78 is 0. The third-order valence-electron chi connectivity index (χ3n) is 4.26. The van der Waals surface area contributed by atoms with Gasteiger partial charge in [0.25, 0.3) is 0 Å². The molecular weight excluding hydrogens is 314 g/mol. The van der Waals surface area contributed by atoms with Crippen molar-refractivity contribution in [3.05, 3.63) is 46.8 Å². The Kier molecular flexibility index (Phi) is 6.33. The van der Waals surface area contributed by atoms with E-state index in [1.54, 1.807) is 24.3 Å². The van der Waals surface area contributed by atoms with E-state index in [2.05, 4.69) is 48.2 Å². The molecule has 0 unspecified atom stereocenters. The predicted octanol–water partition coefficient (Wildman–Crippen LogP) is 3.41. The van der Waals surface area contributed by atoms with Crippen molar-refractivity contribution in [2.24, 2.45) is 0 Å². The summed E-state index contributed by atoms with van der Waals surface area (Å²) in [7, 11) is 1.75. The monoisotopic (exact) mass is 341 g/mol. The van der Waals surface area contributed by atoms with E-state index < -0.39 is 0 Å². The molecule has 2 amide bonds. The first-order valence-corrected chi connectivity index (χ1v) is 8.71. The van der Waals surface area contributed by atoms with E-state index in [1.165, 1.54) is 16.7 Å². The van der Waals surface area contributed by atoms with Crippen LogP contribution in [0.1, 0.15) is 43.0 Å². The molecule has 6 nitrogen and oxygen atoms in total. The molecule has 0 atom stereocenters. The van der Waals surface area contributed by atoms with Gasteiger partial charge in [0.05, 0.1) is 6.54 Å². The molecular formula is C19H27N5O. The van der Waals surface area contributed by atoms with Crippen LogP contribution in [-0.2, 0) is 25.8 Å². The van der Waals surface area contributed by atoms with Crippen LogP contribution in [0.15, 0.2) is 24.5 Å². The number of rotatable bonds is 6. The number of aryl methyl sites for hydroxylation is 3. The van der Waals surface area contributed by atoms with Gasteiger partial charge in [-0.1, -0.05) is 32.9 Å². The maximum absolute atomic E-state index is 12.6. The van der Waals surface area contributed by atoms with Gasteiger partial charge >= 0.3 is 6.03 Å². The Morgan fingerprint density at radius 2 is 1.60 bits per heavy atom. The number of carbonyl (C=O) groups excluding carboxylic acids is 1. The van der Waals surface area contributed by atoms with Gasteiger partial charge in [-0.15, -0.1) is 0 Å². The van der Waals surface area contributed by atoms with Crippen LogP contribution in [0, 0.1) is 0 Å². The van der Waals surface area contributed by atoms with Crippen LogP contribution in [0.5, 0.6) is 0 Å². The lowest BCUT2D eigenvalue weighted by Crippen LogP contribution is -2.31. The van der Waals surface area contributed by atoms with Gasteiger partial charge in [0.1, 0.15) is 0 Å². The minimum absolute atomic E-state index is 0.148. The quantitative estimate of drug-likeness (QED) is 0.843. The van der Waals surface area contributed by atoms with Crippen molar-refractivity contribution in [3.8, 4) is 0 Å². The Balaban J connectivity index is 2.17. The maximum atomic E-state index is 12.6. The molecule has 134 valence electrons. The maximum Gasteiger partial charge on any atom is 0.321 e. The van der Waals surface area contributed by atoms with E-state index in [-0.39, 0.29) is 12.0 Å². The fourth-order valence-corrected chi connectivity index (χ4v) is 2.76. The van der Waals surface area contributed by atoms with Gasteiger partial charge in [0.15, 0.2) is 0 Å². The van der Waals surface area contributed by atoms with E-state index in [0.717, 1.165) is 30.5 Å². The zero-order valence-corrected chi connectivity index (χ0v) is 15.5. The molecule has 0 aliphatic heterocycles. The molecule has 0 saturated heterocycles. The normalized spacial score (nSPS) is 10.6. The van der Waals surface area contributed by atoms with Crippen LogP contribution < -0.4 is 11.1 Å². The summed E-state index contributed by atoms with van der Waals surface area (Å²) in [6.07, 6.45) is 6.03. The van der Waals surface area contributed by atoms with Gasteiger partial charge in [0, 0.05) is 30.7 Å². The number of nitrogens with one attached hydrogen (secondary N) is 1. The molecule has 1 heterocycles. The van der Waals surface area contributed by atoms with Crippen LogP contribution in [0.4, 0.5) is 16.4 Å². The zero-order chi connectivity index (χ0) is 18.4. The number of nitrogens with two attached hydrogens (primary N) is 1. The molecule has 1 aromatic heterocycles. The second-order valence-electron chi connectivity index (χ2n) is 6.09. The Morgan fingerprint density at radius 3 is 2.08 bits per heavy atom. The highest BCUT2D eigenvalue weighted by Gasteiger charge is 2.15. The molecule has 2 aromatic rings. The number of benzene rings is 1. The highest BCUT2D eigenvalue weighted by molar-refractivity contribution is 5.91. The number of aromatic nitrogens is 2. The molecule has 0 saturated carbocycles. The van der Waals surface area contributed by atoms with Gasteiger partial charge in [0.2, 0.25) is 5.95 Å². The Labute approximate surface area is 149 Å². The van der Waals surface area contributed by atoms with Crippen molar-refractivity contribution >= 4 is 17.7 Å². The largest absolute Gasteiger partial charge is 0.368 e. The van der Waals surface area contributed by atoms with Crippen LogP contribution in [0.3, 0.4) is 0 Å². The second kappa shape index (κ2) is 8.46. The summed E-state index contributed by atoms with van der Waals surface area (Å²) in [5, 5.41) is 3.09.